The molecule has 5 nitrogen and oxygen atoms in total. The van der Waals surface area contributed by atoms with Gasteiger partial charge >= 0.3 is 0 Å². The van der Waals surface area contributed by atoms with Gasteiger partial charge in [-0.3, -0.25) is 9.69 Å². The van der Waals surface area contributed by atoms with E-state index in [2.05, 4.69) is 11.8 Å². The van der Waals surface area contributed by atoms with Gasteiger partial charge in [0.2, 0.25) is 0 Å². The zero-order valence-electron chi connectivity index (χ0n) is 17.0. The van der Waals surface area contributed by atoms with Crippen LogP contribution in [0.25, 0.3) is 10.4 Å². The van der Waals surface area contributed by atoms with Gasteiger partial charge in [0.15, 0.2) is 9.84 Å². The minimum absolute atomic E-state index is 0.105. The van der Waals surface area contributed by atoms with Crippen molar-refractivity contribution in [2.24, 2.45) is 0 Å². The van der Waals surface area contributed by atoms with Crippen molar-refractivity contribution in [3.8, 4) is 10.4 Å². The molecular weight excluding hydrogens is 404 g/mol. The molecule has 2 aliphatic rings. The number of sulfone groups is 1. The quantitative estimate of drug-likeness (QED) is 0.719. The molecule has 1 amide bonds. The van der Waals surface area contributed by atoms with Gasteiger partial charge < -0.3 is 4.90 Å². The number of hydrogen-bond acceptors (Lipinski definition) is 5. The minimum atomic E-state index is -3.19. The maximum absolute atomic E-state index is 13.1. The first-order valence-corrected chi connectivity index (χ1v) is 13.0. The normalized spacial score (nSPS) is 23.0. The van der Waals surface area contributed by atoms with Gasteiger partial charge in [-0.15, -0.1) is 11.3 Å². The molecule has 1 aromatic heterocycles. The van der Waals surface area contributed by atoms with E-state index >= 15 is 0 Å². The molecule has 0 bridgehead atoms. The van der Waals surface area contributed by atoms with Crippen LogP contribution in [-0.4, -0.2) is 62.1 Å². The van der Waals surface area contributed by atoms with Crippen molar-refractivity contribution >= 4 is 27.1 Å². The molecule has 2 saturated heterocycles. The van der Waals surface area contributed by atoms with E-state index in [0.717, 1.165) is 42.9 Å². The Morgan fingerprint density at radius 1 is 1.07 bits per heavy atom. The standard InChI is InChI=1S/C22H28N2O3S2/c1-16-5-3-13-23(16)15-19-6-4-14-24(19)22(25)18-9-7-17(8-10-18)20-11-12-21(28-20)29(2,26)27/h7-12,16,19H,3-6,13-15H2,1-2H3. The zero-order valence-corrected chi connectivity index (χ0v) is 18.6. The first-order valence-electron chi connectivity index (χ1n) is 10.3. The molecular formula is C22H28N2O3S2. The van der Waals surface area contributed by atoms with Crippen molar-refractivity contribution in [1.29, 1.82) is 0 Å². The molecule has 3 heterocycles. The zero-order chi connectivity index (χ0) is 20.6. The predicted octanol–water partition coefficient (Wildman–Crippen LogP) is 3.91. The van der Waals surface area contributed by atoms with E-state index in [-0.39, 0.29) is 5.91 Å². The molecule has 2 atom stereocenters. The molecule has 0 saturated carbocycles. The van der Waals surface area contributed by atoms with E-state index in [1.54, 1.807) is 6.07 Å². The Kier molecular flexibility index (Phi) is 5.82. The Morgan fingerprint density at radius 3 is 2.41 bits per heavy atom. The monoisotopic (exact) mass is 432 g/mol. The predicted molar refractivity (Wildman–Crippen MR) is 117 cm³/mol. The van der Waals surface area contributed by atoms with Crippen LogP contribution >= 0.6 is 11.3 Å². The molecule has 0 aliphatic carbocycles. The lowest BCUT2D eigenvalue weighted by Gasteiger charge is -2.30. The number of carbonyl (C=O) groups excluding carboxylic acids is 1. The summed E-state index contributed by atoms with van der Waals surface area (Å²) >= 11 is 1.26. The number of thiophene rings is 1. The summed E-state index contributed by atoms with van der Waals surface area (Å²) in [5.74, 6) is 0.105. The number of hydrogen-bond donors (Lipinski definition) is 0. The van der Waals surface area contributed by atoms with Crippen molar-refractivity contribution in [3.05, 3.63) is 42.0 Å². The van der Waals surface area contributed by atoms with E-state index in [1.807, 2.05) is 35.2 Å². The fourth-order valence-corrected chi connectivity index (χ4v) is 6.38. The molecule has 0 radical (unpaired) electrons. The SMILES string of the molecule is CC1CCCN1CC1CCCN1C(=O)c1ccc(-c2ccc(S(C)(=O)=O)s2)cc1. The third-order valence-electron chi connectivity index (χ3n) is 6.14. The van der Waals surface area contributed by atoms with Crippen LogP contribution in [0, 0.1) is 0 Å². The summed E-state index contributed by atoms with van der Waals surface area (Å²) in [7, 11) is -3.19. The van der Waals surface area contributed by atoms with Crippen molar-refractivity contribution in [1.82, 2.24) is 9.80 Å². The maximum Gasteiger partial charge on any atom is 0.254 e. The Bertz CT molecular complexity index is 982. The number of benzene rings is 1. The highest BCUT2D eigenvalue weighted by molar-refractivity contribution is 7.92. The molecule has 2 aliphatic heterocycles. The first kappa shape index (κ1) is 20.6. The van der Waals surface area contributed by atoms with Crippen LogP contribution in [0.1, 0.15) is 43.0 Å². The highest BCUT2D eigenvalue weighted by Gasteiger charge is 2.33. The summed E-state index contributed by atoms with van der Waals surface area (Å²) in [6, 6.07) is 12.0. The maximum atomic E-state index is 13.1. The number of nitrogens with zero attached hydrogens (tertiary/aromatic N) is 2. The second kappa shape index (κ2) is 8.20. The largest absolute Gasteiger partial charge is 0.334 e. The van der Waals surface area contributed by atoms with E-state index in [9.17, 15) is 13.2 Å². The number of likely N-dealkylation sites (tertiary alicyclic amines) is 2. The van der Waals surface area contributed by atoms with Gasteiger partial charge in [0.05, 0.1) is 0 Å². The molecule has 2 aromatic rings. The van der Waals surface area contributed by atoms with Crippen LogP contribution in [0.15, 0.2) is 40.6 Å². The highest BCUT2D eigenvalue weighted by atomic mass is 32.2. The molecule has 4 rings (SSSR count). The Labute approximate surface area is 177 Å². The molecule has 2 fully saturated rings. The average Bonchev–Trinajstić information content (AvgIpc) is 3.43. The van der Waals surface area contributed by atoms with Crippen LogP contribution in [0.5, 0.6) is 0 Å². The van der Waals surface area contributed by atoms with Crippen LogP contribution < -0.4 is 0 Å². The van der Waals surface area contributed by atoms with Crippen molar-refractivity contribution in [2.45, 2.75) is 48.9 Å². The average molecular weight is 433 g/mol. The van der Waals surface area contributed by atoms with Crippen LogP contribution in [-0.2, 0) is 9.84 Å². The number of carbonyl (C=O) groups is 1. The summed E-state index contributed by atoms with van der Waals surface area (Å²) < 4.78 is 23.8. The second-order valence-electron chi connectivity index (χ2n) is 8.25. The fraction of sp³-hybridized carbons (Fsp3) is 0.500. The Balaban J connectivity index is 1.47. The van der Waals surface area contributed by atoms with Gasteiger partial charge in [-0.25, -0.2) is 8.42 Å². The molecule has 0 N–H and O–H groups in total. The van der Waals surface area contributed by atoms with Crippen LogP contribution in [0.4, 0.5) is 0 Å². The van der Waals surface area contributed by atoms with Gasteiger partial charge in [-0.1, -0.05) is 12.1 Å². The van der Waals surface area contributed by atoms with Crippen molar-refractivity contribution < 1.29 is 13.2 Å². The molecule has 2 unspecified atom stereocenters. The van der Waals surface area contributed by atoms with Crippen molar-refractivity contribution in [3.63, 3.8) is 0 Å². The molecule has 156 valence electrons. The Morgan fingerprint density at radius 2 is 1.79 bits per heavy atom. The van der Waals surface area contributed by atoms with Gasteiger partial charge in [0.25, 0.3) is 5.91 Å². The minimum Gasteiger partial charge on any atom is -0.334 e. The lowest BCUT2D eigenvalue weighted by atomic mass is 10.1. The van der Waals surface area contributed by atoms with Crippen molar-refractivity contribution in [2.75, 3.05) is 25.9 Å². The summed E-state index contributed by atoms with van der Waals surface area (Å²) in [5.41, 5.74) is 1.64. The lowest BCUT2D eigenvalue weighted by Crippen LogP contribution is -2.44. The molecule has 1 aromatic carbocycles. The van der Waals surface area contributed by atoms with Gasteiger partial charge in [-0.2, -0.15) is 0 Å². The topological polar surface area (TPSA) is 57.7 Å². The van der Waals surface area contributed by atoms with Crippen LogP contribution in [0.2, 0.25) is 0 Å². The van der Waals surface area contributed by atoms with E-state index in [0.29, 0.717) is 21.9 Å². The summed E-state index contributed by atoms with van der Waals surface area (Å²) in [5, 5.41) is 0. The van der Waals surface area contributed by atoms with Gasteiger partial charge in [0, 0.05) is 41.9 Å². The number of rotatable bonds is 5. The smallest absolute Gasteiger partial charge is 0.254 e. The lowest BCUT2D eigenvalue weighted by molar-refractivity contribution is 0.0696. The van der Waals surface area contributed by atoms with E-state index in [4.69, 9.17) is 0 Å². The van der Waals surface area contributed by atoms with Crippen LogP contribution in [0.3, 0.4) is 0 Å². The summed E-state index contributed by atoms with van der Waals surface area (Å²) in [4.78, 5) is 18.6. The third-order valence-corrected chi connectivity index (χ3v) is 9.09. The Hall–Kier alpha value is -1.70. The molecule has 29 heavy (non-hydrogen) atoms. The molecule has 7 heteroatoms. The first-order chi connectivity index (χ1) is 13.8. The summed E-state index contributed by atoms with van der Waals surface area (Å²) in [6.07, 6.45) is 5.88. The second-order valence-corrected chi connectivity index (χ2v) is 11.6. The van der Waals surface area contributed by atoms with E-state index in [1.165, 1.54) is 30.4 Å². The summed E-state index contributed by atoms with van der Waals surface area (Å²) in [6.45, 7) is 5.24. The fourth-order valence-electron chi connectivity index (χ4n) is 4.45. The number of amides is 1. The van der Waals surface area contributed by atoms with Gasteiger partial charge in [-0.05, 0) is 69.0 Å². The third kappa shape index (κ3) is 4.42. The van der Waals surface area contributed by atoms with E-state index < -0.39 is 9.84 Å². The van der Waals surface area contributed by atoms with Gasteiger partial charge in [0.1, 0.15) is 4.21 Å². The highest BCUT2D eigenvalue weighted by Crippen LogP contribution is 2.31. The molecule has 0 spiro atoms.